The molecule has 2 rings (SSSR count). The highest BCUT2D eigenvalue weighted by atomic mass is 16.5. The Labute approximate surface area is 135 Å². The topological polar surface area (TPSA) is 78.4 Å². The van der Waals surface area contributed by atoms with Crippen molar-refractivity contribution in [3.05, 3.63) is 65.2 Å². The lowest BCUT2D eigenvalue weighted by atomic mass is 9.87. The fraction of sp³-hybridized carbons (Fsp3) is 0.222. The van der Waals surface area contributed by atoms with E-state index in [9.17, 15) is 9.59 Å². The number of amides is 2. The molecule has 5 nitrogen and oxygen atoms in total. The Bertz CT molecular complexity index is 699. The molecule has 0 heterocycles. The molecule has 0 atom stereocenters. The van der Waals surface area contributed by atoms with E-state index >= 15 is 0 Å². The molecule has 0 unspecified atom stereocenters. The van der Waals surface area contributed by atoms with Crippen molar-refractivity contribution in [2.75, 3.05) is 5.32 Å². The molecule has 0 spiro atoms. The molecule has 5 heteroatoms. The minimum Gasteiger partial charge on any atom is -0.322 e. The van der Waals surface area contributed by atoms with Crippen LogP contribution in [-0.4, -0.2) is 17.0 Å². The van der Waals surface area contributed by atoms with Gasteiger partial charge in [-0.1, -0.05) is 32.9 Å². The molecule has 2 amide bonds. The quantitative estimate of drug-likeness (QED) is 0.600. The summed E-state index contributed by atoms with van der Waals surface area (Å²) in [6.07, 6.45) is 0. The molecule has 0 aliphatic carbocycles. The van der Waals surface area contributed by atoms with E-state index in [1.165, 1.54) is 29.8 Å². The van der Waals surface area contributed by atoms with E-state index in [4.69, 9.17) is 5.21 Å². The monoisotopic (exact) mass is 312 g/mol. The van der Waals surface area contributed by atoms with Crippen LogP contribution in [0.1, 0.15) is 47.1 Å². The lowest BCUT2D eigenvalue weighted by molar-refractivity contribution is 0.0706. The summed E-state index contributed by atoms with van der Waals surface area (Å²) in [6, 6.07) is 13.7. The number of anilines is 1. The number of nitrogens with one attached hydrogen (secondary N) is 2. The first-order chi connectivity index (χ1) is 10.8. The molecule has 2 aromatic rings. The highest BCUT2D eigenvalue weighted by Crippen LogP contribution is 2.23. The summed E-state index contributed by atoms with van der Waals surface area (Å²) in [4.78, 5) is 23.4. The molecule has 0 saturated carbocycles. The largest absolute Gasteiger partial charge is 0.322 e. The Morgan fingerprint density at radius 3 is 1.74 bits per heavy atom. The van der Waals surface area contributed by atoms with Crippen LogP contribution in [0.4, 0.5) is 5.69 Å². The average Bonchev–Trinajstić information content (AvgIpc) is 2.54. The molecule has 0 saturated heterocycles. The normalized spacial score (nSPS) is 11.0. The Morgan fingerprint density at radius 1 is 0.826 bits per heavy atom. The van der Waals surface area contributed by atoms with Gasteiger partial charge in [-0.3, -0.25) is 14.8 Å². The summed E-state index contributed by atoms with van der Waals surface area (Å²) in [5, 5.41) is 11.4. The maximum atomic E-state index is 12.2. The number of carbonyl (C=O) groups excluding carboxylic acids is 2. The predicted molar refractivity (Wildman–Crippen MR) is 88.8 cm³/mol. The van der Waals surface area contributed by atoms with E-state index in [0.29, 0.717) is 11.3 Å². The van der Waals surface area contributed by atoms with Gasteiger partial charge in [-0.05, 0) is 47.4 Å². The van der Waals surface area contributed by atoms with Crippen LogP contribution in [-0.2, 0) is 5.41 Å². The smallest absolute Gasteiger partial charge is 0.274 e. The molecule has 3 N–H and O–H groups in total. The van der Waals surface area contributed by atoms with Crippen LogP contribution in [0.3, 0.4) is 0 Å². The number of rotatable bonds is 3. The van der Waals surface area contributed by atoms with Crippen LogP contribution < -0.4 is 10.8 Å². The Hall–Kier alpha value is -2.66. The summed E-state index contributed by atoms with van der Waals surface area (Å²) < 4.78 is 0. The average molecular weight is 312 g/mol. The van der Waals surface area contributed by atoms with Gasteiger partial charge in [-0.2, -0.15) is 0 Å². The summed E-state index contributed by atoms with van der Waals surface area (Å²) >= 11 is 0. The van der Waals surface area contributed by atoms with E-state index in [1.54, 1.807) is 5.48 Å². The SMILES string of the molecule is CC(C)(C)c1ccc(NC(=O)c2ccc(C(=O)NO)cc2)cc1. The maximum Gasteiger partial charge on any atom is 0.274 e. The second-order valence-electron chi connectivity index (χ2n) is 6.30. The van der Waals surface area contributed by atoms with Gasteiger partial charge >= 0.3 is 0 Å². The second kappa shape index (κ2) is 6.62. The minimum atomic E-state index is -0.616. The number of hydroxylamine groups is 1. The summed E-state index contributed by atoms with van der Waals surface area (Å²) in [7, 11) is 0. The van der Waals surface area contributed by atoms with E-state index < -0.39 is 5.91 Å². The van der Waals surface area contributed by atoms with Crippen molar-refractivity contribution in [1.82, 2.24) is 5.48 Å². The highest BCUT2D eigenvalue weighted by molar-refractivity contribution is 6.05. The second-order valence-corrected chi connectivity index (χ2v) is 6.30. The van der Waals surface area contributed by atoms with Crippen molar-refractivity contribution < 1.29 is 14.8 Å². The molecule has 120 valence electrons. The minimum absolute atomic E-state index is 0.0612. The Morgan fingerprint density at radius 2 is 1.30 bits per heavy atom. The van der Waals surface area contributed by atoms with Gasteiger partial charge in [-0.25, -0.2) is 5.48 Å². The van der Waals surface area contributed by atoms with Crippen LogP contribution in [0.2, 0.25) is 0 Å². The zero-order valence-electron chi connectivity index (χ0n) is 13.4. The van der Waals surface area contributed by atoms with E-state index in [2.05, 4.69) is 26.1 Å². The first kappa shape index (κ1) is 16.7. The van der Waals surface area contributed by atoms with E-state index in [0.717, 1.165) is 0 Å². The fourth-order valence-electron chi connectivity index (χ4n) is 2.09. The van der Waals surface area contributed by atoms with Crippen LogP contribution in [0.5, 0.6) is 0 Å². The third kappa shape index (κ3) is 4.17. The summed E-state index contributed by atoms with van der Waals surface area (Å²) in [6.45, 7) is 6.39. The summed E-state index contributed by atoms with van der Waals surface area (Å²) in [5.41, 5.74) is 4.21. The first-order valence-electron chi connectivity index (χ1n) is 7.27. The molecule has 0 bridgehead atoms. The molecule has 2 aromatic carbocycles. The van der Waals surface area contributed by atoms with Gasteiger partial charge < -0.3 is 5.32 Å². The van der Waals surface area contributed by atoms with Crippen molar-refractivity contribution in [2.45, 2.75) is 26.2 Å². The predicted octanol–water partition coefficient (Wildman–Crippen LogP) is 3.36. The van der Waals surface area contributed by atoms with Crippen molar-refractivity contribution in [3.63, 3.8) is 0 Å². The Balaban J connectivity index is 2.08. The van der Waals surface area contributed by atoms with Gasteiger partial charge in [0, 0.05) is 16.8 Å². The van der Waals surface area contributed by atoms with Gasteiger partial charge in [0.15, 0.2) is 0 Å². The van der Waals surface area contributed by atoms with Crippen LogP contribution in [0.15, 0.2) is 48.5 Å². The third-order valence-corrected chi connectivity index (χ3v) is 3.52. The lowest BCUT2D eigenvalue weighted by Gasteiger charge is -2.19. The van der Waals surface area contributed by atoms with Crippen molar-refractivity contribution in [1.29, 1.82) is 0 Å². The Kier molecular flexibility index (Phi) is 4.81. The zero-order chi connectivity index (χ0) is 17.0. The van der Waals surface area contributed by atoms with Gasteiger partial charge in [0.25, 0.3) is 11.8 Å². The first-order valence-corrected chi connectivity index (χ1v) is 7.27. The van der Waals surface area contributed by atoms with E-state index in [1.807, 2.05) is 24.3 Å². The molecular weight excluding hydrogens is 292 g/mol. The van der Waals surface area contributed by atoms with Crippen LogP contribution in [0.25, 0.3) is 0 Å². The highest BCUT2D eigenvalue weighted by Gasteiger charge is 2.13. The van der Waals surface area contributed by atoms with Gasteiger partial charge in [0.2, 0.25) is 0 Å². The number of carbonyl (C=O) groups is 2. The molecule has 0 radical (unpaired) electrons. The van der Waals surface area contributed by atoms with Gasteiger partial charge in [0.05, 0.1) is 0 Å². The van der Waals surface area contributed by atoms with Crippen LogP contribution >= 0.6 is 0 Å². The standard InChI is InChI=1S/C18H20N2O3/c1-18(2,3)14-8-10-15(11-9-14)19-16(21)12-4-6-13(7-5-12)17(22)20-23/h4-11,23H,1-3H3,(H,19,21)(H,20,22). The molecule has 0 aliphatic rings. The van der Waals surface area contributed by atoms with Gasteiger partial charge in [-0.15, -0.1) is 0 Å². The summed E-state index contributed by atoms with van der Waals surface area (Å²) in [5.74, 6) is -0.876. The lowest BCUT2D eigenvalue weighted by Crippen LogP contribution is -2.19. The number of hydrogen-bond acceptors (Lipinski definition) is 3. The third-order valence-electron chi connectivity index (χ3n) is 3.52. The number of hydrogen-bond donors (Lipinski definition) is 3. The van der Waals surface area contributed by atoms with Crippen LogP contribution in [0, 0.1) is 0 Å². The van der Waals surface area contributed by atoms with Gasteiger partial charge in [0.1, 0.15) is 0 Å². The fourth-order valence-corrected chi connectivity index (χ4v) is 2.09. The number of benzene rings is 2. The van der Waals surface area contributed by atoms with Crippen molar-refractivity contribution in [3.8, 4) is 0 Å². The van der Waals surface area contributed by atoms with Crippen molar-refractivity contribution in [2.24, 2.45) is 0 Å². The molecular formula is C18H20N2O3. The maximum absolute atomic E-state index is 12.2. The molecule has 0 aliphatic heterocycles. The zero-order valence-corrected chi connectivity index (χ0v) is 13.4. The molecule has 23 heavy (non-hydrogen) atoms. The molecule has 0 fully saturated rings. The van der Waals surface area contributed by atoms with E-state index in [-0.39, 0.29) is 16.9 Å². The van der Waals surface area contributed by atoms with Crippen molar-refractivity contribution >= 4 is 17.5 Å². The molecule has 0 aromatic heterocycles.